The van der Waals surface area contributed by atoms with E-state index in [0.29, 0.717) is 33.6 Å². The van der Waals surface area contributed by atoms with Gasteiger partial charge in [0, 0.05) is 12.6 Å². The first-order valence-corrected chi connectivity index (χ1v) is 11.0. The van der Waals surface area contributed by atoms with Gasteiger partial charge in [-0.3, -0.25) is 4.79 Å². The number of hydrogen-bond acceptors (Lipinski definition) is 6. The Bertz CT molecular complexity index is 1150. The molecular weight excluding hydrogens is 420 g/mol. The number of nitrogens with zero attached hydrogens (tertiary/aromatic N) is 1. The molecule has 1 amide bonds. The zero-order chi connectivity index (χ0) is 22.6. The summed E-state index contributed by atoms with van der Waals surface area (Å²) in [6, 6.07) is 12.6. The number of hydrogen-bond donors (Lipinski definition) is 1. The summed E-state index contributed by atoms with van der Waals surface area (Å²) >= 11 is 0. The smallest absolute Gasteiger partial charge is 0.287 e. The minimum absolute atomic E-state index is 0.104. The van der Waals surface area contributed by atoms with Gasteiger partial charge in [-0.05, 0) is 67.5 Å². The molecule has 31 heavy (non-hydrogen) atoms. The van der Waals surface area contributed by atoms with Gasteiger partial charge in [-0.1, -0.05) is 12.1 Å². The summed E-state index contributed by atoms with van der Waals surface area (Å²) in [6.45, 7) is 5.50. The van der Waals surface area contributed by atoms with E-state index in [4.69, 9.17) is 9.57 Å². The van der Waals surface area contributed by atoms with Gasteiger partial charge in [0.15, 0.2) is 11.6 Å². The number of benzene rings is 2. The number of hydroxylamine groups is 1. The number of anilines is 1. The van der Waals surface area contributed by atoms with Crippen LogP contribution in [-0.4, -0.2) is 31.3 Å². The maximum atomic E-state index is 13.2. The van der Waals surface area contributed by atoms with Crippen LogP contribution in [0, 0.1) is 0 Å². The summed E-state index contributed by atoms with van der Waals surface area (Å²) in [4.78, 5) is 28.3. The molecule has 162 valence electrons. The Morgan fingerprint density at radius 1 is 1.16 bits per heavy atom. The molecule has 9 heteroatoms. The Balaban J connectivity index is 1.93. The normalized spacial score (nSPS) is 16.4. The average Bonchev–Trinajstić information content (AvgIpc) is 2.74. The zero-order valence-electron chi connectivity index (χ0n) is 17.3. The lowest BCUT2D eigenvalue weighted by Gasteiger charge is -2.32. The fraction of sp³-hybridized carbons (Fsp3) is 0.227. The molecule has 0 fully saturated rings. The molecule has 1 aliphatic heterocycles. The second kappa shape index (κ2) is 9.18. The fourth-order valence-corrected chi connectivity index (χ4v) is 4.29. The van der Waals surface area contributed by atoms with Crippen molar-refractivity contribution in [1.82, 2.24) is 4.47 Å². The molecule has 1 N–H and O–H groups in total. The summed E-state index contributed by atoms with van der Waals surface area (Å²) < 4.78 is 32.4. The molecule has 1 unspecified atom stereocenters. The van der Waals surface area contributed by atoms with Crippen LogP contribution in [0.5, 0.6) is 5.75 Å². The molecule has 0 bridgehead atoms. The maximum absolute atomic E-state index is 13.2. The highest BCUT2D eigenvalue weighted by Crippen LogP contribution is 2.36. The molecule has 0 radical (unpaired) electrons. The van der Waals surface area contributed by atoms with E-state index in [1.54, 1.807) is 37.1 Å². The van der Waals surface area contributed by atoms with Crippen molar-refractivity contribution in [3.63, 3.8) is 0 Å². The van der Waals surface area contributed by atoms with Crippen LogP contribution in [0.25, 0.3) is 0 Å². The minimum atomic E-state index is -4.22. The third kappa shape index (κ3) is 4.86. The van der Waals surface area contributed by atoms with Crippen LogP contribution in [0.3, 0.4) is 0 Å². The molecule has 3 rings (SSSR count). The average molecular weight is 442 g/mol. The van der Waals surface area contributed by atoms with Gasteiger partial charge < -0.3 is 10.1 Å². The first-order valence-electron chi connectivity index (χ1n) is 9.52. The topological polar surface area (TPSA) is 102 Å². The molecule has 1 heterocycles. The van der Waals surface area contributed by atoms with Crippen molar-refractivity contribution in [3.05, 3.63) is 71.4 Å². The lowest BCUT2D eigenvalue weighted by Crippen LogP contribution is -2.35. The lowest BCUT2D eigenvalue weighted by atomic mass is 10.0. The van der Waals surface area contributed by atoms with E-state index in [9.17, 15) is 18.0 Å². The van der Waals surface area contributed by atoms with Gasteiger partial charge in [-0.25, -0.2) is 9.63 Å². The van der Waals surface area contributed by atoms with Gasteiger partial charge in [0.05, 0.1) is 11.5 Å². The molecule has 0 aliphatic carbocycles. The SMILES string of the molecule is CCOc1ccc(C2ON(S(=O)(=O)c3ccc(NC(C)=O)cc3)C(=C=O)C=C2C)cc1. The Morgan fingerprint density at radius 3 is 2.35 bits per heavy atom. The molecule has 2 aromatic rings. The van der Waals surface area contributed by atoms with Crippen molar-refractivity contribution >= 4 is 27.6 Å². The third-order valence-electron chi connectivity index (χ3n) is 4.47. The Labute approximate surface area is 180 Å². The van der Waals surface area contributed by atoms with E-state index in [2.05, 4.69) is 5.32 Å². The Kier molecular flexibility index (Phi) is 6.60. The van der Waals surface area contributed by atoms with Crippen molar-refractivity contribution < 1.29 is 27.6 Å². The summed E-state index contributed by atoms with van der Waals surface area (Å²) in [5, 5.41) is 2.56. The fourth-order valence-electron chi connectivity index (χ4n) is 3.07. The number of rotatable bonds is 6. The molecule has 0 aromatic heterocycles. The minimum Gasteiger partial charge on any atom is -0.494 e. The lowest BCUT2D eigenvalue weighted by molar-refractivity contribution is -0.114. The number of ether oxygens (including phenoxy) is 1. The van der Waals surface area contributed by atoms with Crippen LogP contribution >= 0.6 is 0 Å². The largest absolute Gasteiger partial charge is 0.494 e. The number of carbonyl (C=O) groups is 1. The van der Waals surface area contributed by atoms with Crippen LogP contribution in [-0.2, 0) is 24.4 Å². The van der Waals surface area contributed by atoms with Crippen LogP contribution in [0.15, 0.2) is 70.8 Å². The van der Waals surface area contributed by atoms with E-state index in [1.165, 1.54) is 37.3 Å². The van der Waals surface area contributed by atoms with Gasteiger partial charge in [0.2, 0.25) is 5.91 Å². The van der Waals surface area contributed by atoms with Gasteiger partial charge in [-0.15, -0.1) is 4.47 Å². The summed E-state index contributed by atoms with van der Waals surface area (Å²) in [6.07, 6.45) is 0.710. The highest BCUT2D eigenvalue weighted by Gasteiger charge is 2.35. The van der Waals surface area contributed by atoms with Crippen LogP contribution in [0.4, 0.5) is 5.69 Å². The molecule has 0 saturated carbocycles. The monoisotopic (exact) mass is 442 g/mol. The second-order valence-corrected chi connectivity index (χ2v) is 8.55. The predicted octanol–water partition coefficient (Wildman–Crippen LogP) is 3.38. The number of nitrogens with one attached hydrogen (secondary N) is 1. The zero-order valence-corrected chi connectivity index (χ0v) is 18.1. The van der Waals surface area contributed by atoms with E-state index in [0.717, 1.165) is 0 Å². The van der Waals surface area contributed by atoms with E-state index >= 15 is 0 Å². The van der Waals surface area contributed by atoms with Crippen molar-refractivity contribution in [3.8, 4) is 5.75 Å². The van der Waals surface area contributed by atoms with Gasteiger partial charge in [-0.2, -0.15) is 8.42 Å². The number of sulfonamides is 1. The molecule has 0 saturated heterocycles. The van der Waals surface area contributed by atoms with Crippen LogP contribution in [0.2, 0.25) is 0 Å². The summed E-state index contributed by atoms with van der Waals surface area (Å²) in [5.74, 6) is 2.03. The number of allylic oxidation sites excluding steroid dienone is 1. The highest BCUT2D eigenvalue weighted by atomic mass is 32.2. The van der Waals surface area contributed by atoms with Crippen LogP contribution in [0.1, 0.15) is 32.4 Å². The molecule has 2 aromatic carbocycles. The van der Waals surface area contributed by atoms with Gasteiger partial charge in [0.1, 0.15) is 11.9 Å². The third-order valence-corrected chi connectivity index (χ3v) is 6.05. The van der Waals surface area contributed by atoms with E-state index in [1.807, 2.05) is 6.92 Å². The molecular formula is C22H22N2O6S. The number of amides is 1. The second-order valence-electron chi connectivity index (χ2n) is 6.80. The maximum Gasteiger partial charge on any atom is 0.287 e. The summed E-state index contributed by atoms with van der Waals surface area (Å²) in [5.41, 5.74) is 1.53. The van der Waals surface area contributed by atoms with Crippen molar-refractivity contribution in [1.29, 1.82) is 0 Å². The van der Waals surface area contributed by atoms with Crippen LogP contribution < -0.4 is 10.1 Å². The van der Waals surface area contributed by atoms with Crippen molar-refractivity contribution in [2.24, 2.45) is 0 Å². The van der Waals surface area contributed by atoms with Crippen molar-refractivity contribution in [2.75, 3.05) is 11.9 Å². The molecule has 0 spiro atoms. The number of carbonyl (C=O) groups excluding carboxylic acids is 2. The highest BCUT2D eigenvalue weighted by molar-refractivity contribution is 7.89. The predicted molar refractivity (Wildman–Crippen MR) is 114 cm³/mol. The Hall–Kier alpha value is -3.39. The quantitative estimate of drug-likeness (QED) is 0.688. The first kappa shape index (κ1) is 22.3. The van der Waals surface area contributed by atoms with E-state index < -0.39 is 16.1 Å². The van der Waals surface area contributed by atoms with Gasteiger partial charge >= 0.3 is 0 Å². The van der Waals surface area contributed by atoms with Gasteiger partial charge in [0.25, 0.3) is 10.0 Å². The summed E-state index contributed by atoms with van der Waals surface area (Å²) in [7, 11) is -4.22. The molecule has 8 nitrogen and oxygen atoms in total. The molecule has 1 aliphatic rings. The Morgan fingerprint density at radius 2 is 1.81 bits per heavy atom. The first-order chi connectivity index (χ1) is 14.8. The van der Waals surface area contributed by atoms with E-state index in [-0.39, 0.29) is 16.5 Å². The molecule has 1 atom stereocenters. The standard InChI is InChI=1S/C22H22N2O6S/c1-4-29-20-9-5-17(6-10-20)22-15(2)13-19(14-25)24(30-22)31(27,28)21-11-7-18(8-12-21)23-16(3)26/h5-13,22H,4H2,1-3H3,(H,23,26). The van der Waals surface area contributed by atoms with Crippen molar-refractivity contribution in [2.45, 2.75) is 31.8 Å².